The lowest BCUT2D eigenvalue weighted by Crippen LogP contribution is -2.25. The third-order valence-electron chi connectivity index (χ3n) is 2.99. The molecule has 1 aromatic carbocycles. The van der Waals surface area contributed by atoms with Gasteiger partial charge in [-0.25, -0.2) is 0 Å². The largest absolute Gasteiger partial charge is 0.368 e. The lowest BCUT2D eigenvalue weighted by Gasteiger charge is -2.19. The highest BCUT2D eigenvalue weighted by Crippen LogP contribution is 2.22. The van der Waals surface area contributed by atoms with Crippen LogP contribution in [0.5, 0.6) is 0 Å². The van der Waals surface area contributed by atoms with Gasteiger partial charge in [0, 0.05) is 23.2 Å². The molecule has 6 nitrogen and oxygen atoms in total. The summed E-state index contributed by atoms with van der Waals surface area (Å²) in [5.41, 5.74) is 7.82. The van der Waals surface area contributed by atoms with Crippen LogP contribution in [0.15, 0.2) is 22.7 Å². The molecule has 0 saturated heterocycles. The van der Waals surface area contributed by atoms with Gasteiger partial charge >= 0.3 is 0 Å². The van der Waals surface area contributed by atoms with Crippen molar-refractivity contribution in [2.24, 2.45) is 0 Å². The fourth-order valence-electron chi connectivity index (χ4n) is 2.02. The van der Waals surface area contributed by atoms with E-state index in [1.165, 1.54) is 0 Å². The standard InChI is InChI=1S/C14H19BrN6/c1-4-21(5-2)14-19-12(16)18-13(20-14)17-11-7-9(3)6-10(15)8-11/h6-8H,4-5H2,1-3H3,(H3,16,17,18,19,20). The zero-order chi connectivity index (χ0) is 15.4. The Morgan fingerprint density at radius 3 is 2.48 bits per heavy atom. The van der Waals surface area contributed by atoms with E-state index in [4.69, 9.17) is 5.73 Å². The maximum absolute atomic E-state index is 5.78. The minimum Gasteiger partial charge on any atom is -0.368 e. The first-order valence-electron chi connectivity index (χ1n) is 6.82. The average Bonchev–Trinajstić information content (AvgIpc) is 2.38. The van der Waals surface area contributed by atoms with Crippen LogP contribution in [-0.2, 0) is 0 Å². The number of hydrogen-bond acceptors (Lipinski definition) is 6. The predicted molar refractivity (Wildman–Crippen MR) is 90.0 cm³/mol. The van der Waals surface area contributed by atoms with Crippen LogP contribution in [0.3, 0.4) is 0 Å². The monoisotopic (exact) mass is 350 g/mol. The first-order chi connectivity index (χ1) is 10.0. The average molecular weight is 351 g/mol. The molecule has 0 aliphatic carbocycles. The van der Waals surface area contributed by atoms with E-state index in [-0.39, 0.29) is 5.95 Å². The van der Waals surface area contributed by atoms with Crippen molar-refractivity contribution in [3.63, 3.8) is 0 Å². The lowest BCUT2D eigenvalue weighted by atomic mass is 10.2. The minimum atomic E-state index is 0.209. The summed E-state index contributed by atoms with van der Waals surface area (Å²) in [5, 5.41) is 3.17. The number of rotatable bonds is 5. The molecule has 0 radical (unpaired) electrons. The number of hydrogen-bond donors (Lipinski definition) is 2. The van der Waals surface area contributed by atoms with Gasteiger partial charge < -0.3 is 16.0 Å². The molecule has 1 aromatic heterocycles. The summed E-state index contributed by atoms with van der Waals surface area (Å²) in [6, 6.07) is 6.01. The number of anilines is 4. The molecule has 3 N–H and O–H groups in total. The molecule has 0 bridgehead atoms. The van der Waals surface area contributed by atoms with Crippen LogP contribution in [-0.4, -0.2) is 28.0 Å². The second-order valence-electron chi connectivity index (χ2n) is 4.63. The Kier molecular flexibility index (Phi) is 4.95. The van der Waals surface area contributed by atoms with E-state index in [0.717, 1.165) is 28.8 Å². The van der Waals surface area contributed by atoms with E-state index < -0.39 is 0 Å². The first kappa shape index (κ1) is 15.5. The minimum absolute atomic E-state index is 0.209. The van der Waals surface area contributed by atoms with Crippen molar-refractivity contribution in [3.05, 3.63) is 28.2 Å². The molecule has 2 aromatic rings. The van der Waals surface area contributed by atoms with Crippen LogP contribution < -0.4 is 16.0 Å². The van der Waals surface area contributed by atoms with Crippen molar-refractivity contribution in [1.29, 1.82) is 0 Å². The zero-order valence-electron chi connectivity index (χ0n) is 12.4. The first-order valence-corrected chi connectivity index (χ1v) is 7.61. The van der Waals surface area contributed by atoms with Crippen molar-refractivity contribution in [3.8, 4) is 0 Å². The highest BCUT2D eigenvalue weighted by molar-refractivity contribution is 9.10. The maximum atomic E-state index is 5.78. The smallest absolute Gasteiger partial charge is 0.233 e. The van der Waals surface area contributed by atoms with Crippen LogP contribution in [0.2, 0.25) is 0 Å². The molecule has 7 heteroatoms. The molecule has 0 saturated carbocycles. The summed E-state index contributed by atoms with van der Waals surface area (Å²) in [7, 11) is 0. The molecule has 2 rings (SSSR count). The summed E-state index contributed by atoms with van der Waals surface area (Å²) < 4.78 is 0.996. The van der Waals surface area contributed by atoms with Crippen molar-refractivity contribution in [2.75, 3.05) is 29.0 Å². The number of nitrogens with one attached hydrogen (secondary N) is 1. The van der Waals surface area contributed by atoms with Gasteiger partial charge in [0.1, 0.15) is 0 Å². The number of halogens is 1. The fourth-order valence-corrected chi connectivity index (χ4v) is 2.63. The van der Waals surface area contributed by atoms with Crippen molar-refractivity contribution >= 4 is 39.5 Å². The molecular weight excluding hydrogens is 332 g/mol. The van der Waals surface area contributed by atoms with E-state index in [0.29, 0.717) is 11.9 Å². The number of nitrogens with zero attached hydrogens (tertiary/aromatic N) is 4. The van der Waals surface area contributed by atoms with Gasteiger partial charge in [0.25, 0.3) is 0 Å². The van der Waals surface area contributed by atoms with Gasteiger partial charge in [-0.15, -0.1) is 0 Å². The van der Waals surface area contributed by atoms with Gasteiger partial charge in [-0.3, -0.25) is 0 Å². The molecule has 0 amide bonds. The molecule has 0 fully saturated rings. The van der Waals surface area contributed by atoms with Gasteiger partial charge in [-0.1, -0.05) is 15.9 Å². The Morgan fingerprint density at radius 2 is 1.86 bits per heavy atom. The Balaban J connectivity index is 2.31. The fraction of sp³-hybridized carbons (Fsp3) is 0.357. The lowest BCUT2D eigenvalue weighted by molar-refractivity contribution is 0.816. The van der Waals surface area contributed by atoms with Crippen LogP contribution >= 0.6 is 15.9 Å². The zero-order valence-corrected chi connectivity index (χ0v) is 14.0. The molecule has 0 spiro atoms. The van der Waals surface area contributed by atoms with Crippen LogP contribution in [0.25, 0.3) is 0 Å². The van der Waals surface area contributed by atoms with Crippen LogP contribution in [0.4, 0.5) is 23.5 Å². The molecule has 112 valence electrons. The normalized spacial score (nSPS) is 10.5. The van der Waals surface area contributed by atoms with Gasteiger partial charge in [0.05, 0.1) is 0 Å². The second-order valence-corrected chi connectivity index (χ2v) is 5.55. The molecule has 21 heavy (non-hydrogen) atoms. The Morgan fingerprint density at radius 1 is 1.14 bits per heavy atom. The molecule has 0 aliphatic rings. The number of benzene rings is 1. The Hall–Kier alpha value is -1.89. The second kappa shape index (κ2) is 6.71. The maximum Gasteiger partial charge on any atom is 0.233 e. The molecule has 0 aliphatic heterocycles. The topological polar surface area (TPSA) is 80.0 Å². The Bertz CT molecular complexity index is 607. The SMILES string of the molecule is CCN(CC)c1nc(N)nc(Nc2cc(C)cc(Br)c2)n1. The van der Waals surface area contributed by atoms with E-state index in [1.807, 2.05) is 43.9 Å². The van der Waals surface area contributed by atoms with E-state index >= 15 is 0 Å². The third kappa shape index (κ3) is 4.04. The molecular formula is C14H19BrN6. The number of nitrogen functional groups attached to an aromatic ring is 1. The summed E-state index contributed by atoms with van der Waals surface area (Å²) in [4.78, 5) is 14.8. The summed E-state index contributed by atoms with van der Waals surface area (Å²) in [6.07, 6.45) is 0. The van der Waals surface area contributed by atoms with Crippen molar-refractivity contribution in [2.45, 2.75) is 20.8 Å². The quantitative estimate of drug-likeness (QED) is 0.862. The number of aryl methyl sites for hydroxylation is 1. The highest BCUT2D eigenvalue weighted by Gasteiger charge is 2.10. The summed E-state index contributed by atoms with van der Waals surface area (Å²) >= 11 is 3.47. The van der Waals surface area contributed by atoms with Crippen LogP contribution in [0.1, 0.15) is 19.4 Å². The predicted octanol–water partition coefficient (Wildman–Crippen LogP) is 3.11. The van der Waals surface area contributed by atoms with Gasteiger partial charge in [-0.2, -0.15) is 15.0 Å². The van der Waals surface area contributed by atoms with Crippen molar-refractivity contribution < 1.29 is 0 Å². The van der Waals surface area contributed by atoms with Gasteiger partial charge in [0.15, 0.2) is 0 Å². The third-order valence-corrected chi connectivity index (χ3v) is 3.44. The summed E-state index contributed by atoms with van der Waals surface area (Å²) in [6.45, 7) is 7.76. The van der Waals surface area contributed by atoms with E-state index in [9.17, 15) is 0 Å². The summed E-state index contributed by atoms with van der Waals surface area (Å²) in [5.74, 6) is 1.24. The molecule has 0 atom stereocenters. The van der Waals surface area contributed by atoms with Gasteiger partial charge in [-0.05, 0) is 44.5 Å². The number of nitrogens with two attached hydrogens (primary N) is 1. The Labute approximate surface area is 132 Å². The van der Waals surface area contributed by atoms with E-state index in [2.05, 4.69) is 36.2 Å². The molecule has 1 heterocycles. The van der Waals surface area contributed by atoms with Gasteiger partial charge in [0.2, 0.25) is 17.8 Å². The van der Waals surface area contributed by atoms with E-state index in [1.54, 1.807) is 0 Å². The molecule has 0 unspecified atom stereocenters. The number of aromatic nitrogens is 3. The highest BCUT2D eigenvalue weighted by atomic mass is 79.9. The van der Waals surface area contributed by atoms with Crippen molar-refractivity contribution in [1.82, 2.24) is 15.0 Å². The van der Waals surface area contributed by atoms with Crippen LogP contribution in [0, 0.1) is 6.92 Å².